The summed E-state index contributed by atoms with van der Waals surface area (Å²) in [4.78, 5) is 27.1. The summed E-state index contributed by atoms with van der Waals surface area (Å²) in [6.45, 7) is 14.2. The average molecular weight is 491 g/mol. The summed E-state index contributed by atoms with van der Waals surface area (Å²) in [5, 5.41) is 8.26. The van der Waals surface area contributed by atoms with Gasteiger partial charge in [-0.3, -0.25) is 9.59 Å². The van der Waals surface area contributed by atoms with E-state index >= 15 is 0 Å². The largest absolute Gasteiger partial charge is 0.347 e. The minimum atomic E-state index is -0.315. The van der Waals surface area contributed by atoms with Crippen LogP contribution in [-0.2, 0) is 6.42 Å². The Morgan fingerprint density at radius 1 is 0.800 bits per heavy atom. The molecule has 0 heterocycles. The topological polar surface area (TPSA) is 58.2 Å². The molecule has 0 aromatic heterocycles. The van der Waals surface area contributed by atoms with E-state index in [0.29, 0.717) is 11.5 Å². The lowest BCUT2D eigenvalue weighted by molar-refractivity contribution is 0.0908. The first-order chi connectivity index (χ1) is 16.3. The van der Waals surface area contributed by atoms with Crippen LogP contribution in [0, 0.1) is 5.92 Å². The highest BCUT2D eigenvalue weighted by molar-refractivity contribution is 7.99. The lowest BCUT2D eigenvalue weighted by atomic mass is 9.92. The molecule has 0 aliphatic carbocycles. The third-order valence-corrected chi connectivity index (χ3v) is 6.85. The molecule has 0 saturated heterocycles. The zero-order valence-electron chi connectivity index (χ0n) is 22.0. The Kier molecular flexibility index (Phi) is 8.32. The maximum Gasteiger partial charge on any atom is 0.252 e. The molecule has 1 unspecified atom stereocenters. The molecule has 0 radical (unpaired) electrons. The van der Waals surface area contributed by atoms with Crippen molar-refractivity contribution < 1.29 is 9.59 Å². The van der Waals surface area contributed by atoms with E-state index in [4.69, 9.17) is 0 Å². The number of fused-ring (bicyclic) bond motifs is 1. The van der Waals surface area contributed by atoms with E-state index < -0.39 is 0 Å². The summed E-state index contributed by atoms with van der Waals surface area (Å²) in [6, 6.07) is 20.0. The van der Waals surface area contributed by atoms with Crippen LogP contribution in [0.25, 0.3) is 10.8 Å². The van der Waals surface area contributed by atoms with E-state index in [9.17, 15) is 9.59 Å². The van der Waals surface area contributed by atoms with Gasteiger partial charge in [-0.25, -0.2) is 0 Å². The number of nitrogens with one attached hydrogen (secondary N) is 2. The summed E-state index contributed by atoms with van der Waals surface area (Å²) in [5.74, 6) is 1.06. The summed E-state index contributed by atoms with van der Waals surface area (Å²) in [6.07, 6.45) is 0.779. The minimum Gasteiger partial charge on any atom is -0.347 e. The molecule has 3 aromatic rings. The standard InChI is InChI=1S/C30H38N2O2S/c1-20(19-35-25-15-11-10-14-24(25)27(33)31-29(2,3)4)18-22-17-16-21-12-8-9-13-23(21)26(22)28(34)32-30(5,6)7/h8-17,20H,18-19H2,1-7H3,(H,31,33)(H,32,34). The summed E-state index contributed by atoms with van der Waals surface area (Å²) < 4.78 is 0. The molecule has 5 heteroatoms. The van der Waals surface area contributed by atoms with Gasteiger partial charge in [0, 0.05) is 21.7 Å². The Morgan fingerprint density at radius 2 is 1.40 bits per heavy atom. The predicted octanol–water partition coefficient (Wildman–Crippen LogP) is 6.87. The lowest BCUT2D eigenvalue weighted by Crippen LogP contribution is -2.41. The van der Waals surface area contributed by atoms with Gasteiger partial charge in [-0.15, -0.1) is 11.8 Å². The number of amides is 2. The summed E-state index contributed by atoms with van der Waals surface area (Å²) in [7, 11) is 0. The van der Waals surface area contributed by atoms with Crippen molar-refractivity contribution in [1.29, 1.82) is 0 Å². The molecular formula is C30H38N2O2S. The highest BCUT2D eigenvalue weighted by Gasteiger charge is 2.22. The Balaban J connectivity index is 1.80. The molecule has 2 N–H and O–H groups in total. The molecule has 35 heavy (non-hydrogen) atoms. The molecule has 0 saturated carbocycles. The number of rotatable bonds is 7. The van der Waals surface area contributed by atoms with Gasteiger partial charge in [0.1, 0.15) is 0 Å². The van der Waals surface area contributed by atoms with Gasteiger partial charge in [0.15, 0.2) is 0 Å². The lowest BCUT2D eigenvalue weighted by Gasteiger charge is -2.23. The van der Waals surface area contributed by atoms with Crippen molar-refractivity contribution in [2.75, 3.05) is 5.75 Å². The van der Waals surface area contributed by atoms with Crippen molar-refractivity contribution >= 4 is 34.3 Å². The number of carbonyl (C=O) groups is 2. The van der Waals surface area contributed by atoms with Crippen LogP contribution in [0.15, 0.2) is 65.6 Å². The number of hydrogen-bond donors (Lipinski definition) is 2. The number of thioether (sulfide) groups is 1. The number of benzene rings is 3. The first-order valence-electron chi connectivity index (χ1n) is 12.2. The van der Waals surface area contributed by atoms with Gasteiger partial charge in [0.25, 0.3) is 11.8 Å². The van der Waals surface area contributed by atoms with Gasteiger partial charge >= 0.3 is 0 Å². The zero-order valence-corrected chi connectivity index (χ0v) is 22.8. The molecule has 0 fully saturated rings. The molecule has 3 rings (SSSR count). The van der Waals surface area contributed by atoms with Crippen molar-refractivity contribution in [2.45, 2.75) is 70.9 Å². The first-order valence-corrected chi connectivity index (χ1v) is 13.2. The van der Waals surface area contributed by atoms with Crippen molar-refractivity contribution in [3.8, 4) is 0 Å². The zero-order chi connectivity index (χ0) is 25.8. The molecule has 186 valence electrons. The Bertz CT molecular complexity index is 1200. The fourth-order valence-electron chi connectivity index (χ4n) is 4.01. The third-order valence-electron chi connectivity index (χ3n) is 5.44. The Morgan fingerprint density at radius 3 is 2.09 bits per heavy atom. The molecule has 2 amide bonds. The molecule has 3 aromatic carbocycles. The Labute approximate surface area is 214 Å². The molecule has 4 nitrogen and oxygen atoms in total. The van der Waals surface area contributed by atoms with Crippen LogP contribution in [0.2, 0.25) is 0 Å². The van der Waals surface area contributed by atoms with Crippen LogP contribution in [-0.4, -0.2) is 28.6 Å². The van der Waals surface area contributed by atoms with Gasteiger partial charge in [-0.2, -0.15) is 0 Å². The fourth-order valence-corrected chi connectivity index (χ4v) is 5.09. The van der Waals surface area contributed by atoms with Crippen LogP contribution >= 0.6 is 11.8 Å². The van der Waals surface area contributed by atoms with Gasteiger partial charge in [0.2, 0.25) is 0 Å². The van der Waals surface area contributed by atoms with Crippen molar-refractivity contribution in [2.24, 2.45) is 5.92 Å². The van der Waals surface area contributed by atoms with E-state index in [2.05, 4.69) is 29.7 Å². The second-order valence-corrected chi connectivity index (χ2v) is 12.4. The fraction of sp³-hybridized carbons (Fsp3) is 0.400. The normalized spacial score (nSPS) is 12.9. The second kappa shape index (κ2) is 10.9. The molecule has 0 spiro atoms. The van der Waals surface area contributed by atoms with Crippen LogP contribution < -0.4 is 10.6 Å². The van der Waals surface area contributed by atoms with Gasteiger partial charge in [0.05, 0.1) is 11.1 Å². The summed E-state index contributed by atoms with van der Waals surface area (Å²) >= 11 is 1.70. The second-order valence-electron chi connectivity index (χ2n) is 11.3. The van der Waals surface area contributed by atoms with Crippen molar-refractivity contribution in [1.82, 2.24) is 10.6 Å². The smallest absolute Gasteiger partial charge is 0.252 e. The van der Waals surface area contributed by atoms with Crippen molar-refractivity contribution in [3.63, 3.8) is 0 Å². The predicted molar refractivity (Wildman–Crippen MR) is 148 cm³/mol. The molecule has 0 aliphatic rings. The SMILES string of the molecule is CC(CSc1ccccc1C(=O)NC(C)(C)C)Cc1ccc2ccccc2c1C(=O)NC(C)(C)C. The van der Waals surface area contributed by atoms with Crippen LogP contribution in [0.4, 0.5) is 0 Å². The third kappa shape index (κ3) is 7.60. The summed E-state index contributed by atoms with van der Waals surface area (Å²) in [5.41, 5.74) is 1.92. The van der Waals surface area contributed by atoms with Gasteiger partial charge in [-0.05, 0) is 82.3 Å². The maximum atomic E-state index is 13.3. The van der Waals surface area contributed by atoms with E-state index in [1.54, 1.807) is 11.8 Å². The van der Waals surface area contributed by atoms with Crippen LogP contribution in [0.5, 0.6) is 0 Å². The minimum absolute atomic E-state index is 0.0339. The average Bonchev–Trinajstić information content (AvgIpc) is 2.75. The van der Waals surface area contributed by atoms with E-state index in [-0.39, 0.29) is 22.9 Å². The van der Waals surface area contributed by atoms with E-state index in [1.807, 2.05) is 90.1 Å². The van der Waals surface area contributed by atoms with Crippen LogP contribution in [0.3, 0.4) is 0 Å². The highest BCUT2D eigenvalue weighted by Crippen LogP contribution is 2.29. The quantitative estimate of drug-likeness (QED) is 0.355. The van der Waals surface area contributed by atoms with Gasteiger partial charge in [-0.1, -0.05) is 55.5 Å². The number of hydrogen-bond acceptors (Lipinski definition) is 3. The molecule has 0 bridgehead atoms. The monoisotopic (exact) mass is 490 g/mol. The maximum absolute atomic E-state index is 13.3. The molecular weight excluding hydrogens is 452 g/mol. The van der Waals surface area contributed by atoms with Crippen molar-refractivity contribution in [3.05, 3.63) is 77.4 Å². The molecule has 0 aliphatic heterocycles. The molecule has 1 atom stereocenters. The van der Waals surface area contributed by atoms with Crippen LogP contribution in [0.1, 0.15) is 74.7 Å². The van der Waals surface area contributed by atoms with E-state index in [1.165, 1.54) is 0 Å². The number of carbonyl (C=O) groups excluding carboxylic acids is 2. The van der Waals surface area contributed by atoms with Gasteiger partial charge < -0.3 is 10.6 Å². The Hall–Kier alpha value is -2.79. The highest BCUT2D eigenvalue weighted by atomic mass is 32.2. The first kappa shape index (κ1) is 26.8. The van der Waals surface area contributed by atoms with E-state index in [0.717, 1.165) is 39.0 Å².